The molecule has 0 aliphatic carbocycles. The molecular formula is C24H32N2O5S. The van der Waals surface area contributed by atoms with Gasteiger partial charge in [0.2, 0.25) is 10.0 Å². The fourth-order valence-electron chi connectivity index (χ4n) is 3.74. The topological polar surface area (TPSA) is 84.9 Å². The summed E-state index contributed by atoms with van der Waals surface area (Å²) in [6, 6.07) is 10.3. The second kappa shape index (κ2) is 10.4. The van der Waals surface area contributed by atoms with Crippen LogP contribution in [0, 0.1) is 13.8 Å². The third-order valence-corrected chi connectivity index (χ3v) is 7.76. The first kappa shape index (κ1) is 24.1. The Morgan fingerprint density at radius 2 is 1.81 bits per heavy atom. The van der Waals surface area contributed by atoms with E-state index in [4.69, 9.17) is 9.47 Å². The van der Waals surface area contributed by atoms with Gasteiger partial charge in [-0.2, -0.15) is 4.31 Å². The minimum Gasteiger partial charge on any atom is -0.495 e. The molecule has 2 aromatic rings. The first-order valence-electron chi connectivity index (χ1n) is 11.0. The van der Waals surface area contributed by atoms with Crippen LogP contribution in [0.4, 0.5) is 5.69 Å². The molecule has 0 aromatic heterocycles. The third-order valence-electron chi connectivity index (χ3n) is 5.87. The molecule has 0 spiro atoms. The van der Waals surface area contributed by atoms with Crippen molar-refractivity contribution in [2.75, 3.05) is 25.5 Å². The fourth-order valence-corrected chi connectivity index (χ4v) is 5.28. The largest absolute Gasteiger partial charge is 0.495 e. The van der Waals surface area contributed by atoms with Crippen molar-refractivity contribution < 1.29 is 22.7 Å². The van der Waals surface area contributed by atoms with Crippen LogP contribution in [-0.4, -0.2) is 44.9 Å². The smallest absolute Gasteiger partial charge is 0.265 e. The molecule has 1 saturated heterocycles. The van der Waals surface area contributed by atoms with Gasteiger partial charge in [0.25, 0.3) is 5.91 Å². The summed E-state index contributed by atoms with van der Waals surface area (Å²) >= 11 is 0. The van der Waals surface area contributed by atoms with Crippen LogP contribution in [-0.2, 0) is 14.8 Å². The van der Waals surface area contributed by atoms with E-state index in [9.17, 15) is 13.2 Å². The number of amides is 1. The summed E-state index contributed by atoms with van der Waals surface area (Å²) in [5.74, 6) is 0.678. The molecular weight excluding hydrogens is 428 g/mol. The van der Waals surface area contributed by atoms with Crippen LogP contribution >= 0.6 is 0 Å². The van der Waals surface area contributed by atoms with Gasteiger partial charge in [0, 0.05) is 13.1 Å². The zero-order valence-electron chi connectivity index (χ0n) is 19.2. The number of rotatable bonds is 8. The minimum atomic E-state index is -3.63. The van der Waals surface area contributed by atoms with Gasteiger partial charge < -0.3 is 14.8 Å². The molecule has 8 heteroatoms. The molecule has 1 fully saturated rings. The van der Waals surface area contributed by atoms with Gasteiger partial charge in [-0.3, -0.25) is 4.79 Å². The molecule has 1 aliphatic heterocycles. The Hall–Kier alpha value is -2.58. The van der Waals surface area contributed by atoms with E-state index in [2.05, 4.69) is 5.32 Å². The highest BCUT2D eigenvalue weighted by atomic mass is 32.2. The minimum absolute atomic E-state index is 0.138. The van der Waals surface area contributed by atoms with Gasteiger partial charge >= 0.3 is 0 Å². The summed E-state index contributed by atoms with van der Waals surface area (Å²) in [7, 11) is -2.15. The summed E-state index contributed by atoms with van der Waals surface area (Å²) in [5, 5.41) is 2.81. The van der Waals surface area contributed by atoms with Crippen molar-refractivity contribution in [2.24, 2.45) is 0 Å². The maximum absolute atomic E-state index is 13.1. The van der Waals surface area contributed by atoms with Crippen molar-refractivity contribution in [3.63, 3.8) is 0 Å². The molecule has 1 amide bonds. The fraction of sp³-hybridized carbons (Fsp3) is 0.458. The zero-order chi connectivity index (χ0) is 23.3. The number of carbonyl (C=O) groups excluding carboxylic acids is 1. The molecule has 1 aliphatic rings. The maximum Gasteiger partial charge on any atom is 0.265 e. The summed E-state index contributed by atoms with van der Waals surface area (Å²) in [4.78, 5) is 13.2. The van der Waals surface area contributed by atoms with Crippen LogP contribution in [0.25, 0.3) is 0 Å². The number of benzene rings is 2. The Morgan fingerprint density at radius 3 is 2.47 bits per heavy atom. The first-order chi connectivity index (χ1) is 15.3. The Balaban J connectivity index is 1.83. The molecule has 32 heavy (non-hydrogen) atoms. The zero-order valence-corrected chi connectivity index (χ0v) is 20.0. The van der Waals surface area contributed by atoms with E-state index in [1.54, 1.807) is 6.07 Å². The molecule has 0 bridgehead atoms. The number of nitrogens with one attached hydrogen (secondary N) is 1. The first-order valence-corrected chi connectivity index (χ1v) is 12.4. The molecule has 0 saturated carbocycles. The number of methoxy groups -OCH3 is 1. The Morgan fingerprint density at radius 1 is 1.09 bits per heavy atom. The van der Waals surface area contributed by atoms with Crippen molar-refractivity contribution in [2.45, 2.75) is 57.5 Å². The van der Waals surface area contributed by atoms with E-state index in [1.165, 1.54) is 23.5 Å². The van der Waals surface area contributed by atoms with Crippen molar-refractivity contribution in [1.29, 1.82) is 0 Å². The lowest BCUT2D eigenvalue weighted by Crippen LogP contribution is -2.35. The Kier molecular flexibility index (Phi) is 7.79. The molecule has 7 nitrogen and oxygen atoms in total. The number of hydrogen-bond donors (Lipinski definition) is 1. The molecule has 1 N–H and O–H groups in total. The second-order valence-corrected chi connectivity index (χ2v) is 9.97. The van der Waals surface area contributed by atoms with Crippen LogP contribution in [0.2, 0.25) is 0 Å². The van der Waals surface area contributed by atoms with Gasteiger partial charge in [0.05, 0.1) is 17.7 Å². The summed E-state index contributed by atoms with van der Waals surface area (Å²) in [5.41, 5.74) is 2.36. The van der Waals surface area contributed by atoms with Gasteiger partial charge in [0.15, 0.2) is 6.10 Å². The molecule has 0 unspecified atom stereocenters. The molecule has 174 valence electrons. The van der Waals surface area contributed by atoms with Crippen LogP contribution in [0.5, 0.6) is 11.5 Å². The van der Waals surface area contributed by atoms with Gasteiger partial charge in [-0.25, -0.2) is 8.42 Å². The molecule has 1 heterocycles. The number of piperidine rings is 1. The highest BCUT2D eigenvalue weighted by Crippen LogP contribution is 2.30. The lowest BCUT2D eigenvalue weighted by Gasteiger charge is -2.26. The number of ether oxygens (including phenoxy) is 2. The summed E-state index contributed by atoms with van der Waals surface area (Å²) in [6.07, 6.45) is 2.46. The predicted molar refractivity (Wildman–Crippen MR) is 125 cm³/mol. The van der Waals surface area contributed by atoms with Gasteiger partial charge in [0.1, 0.15) is 11.5 Å². The van der Waals surface area contributed by atoms with E-state index in [0.29, 0.717) is 36.7 Å². The predicted octanol–water partition coefficient (Wildman–Crippen LogP) is 4.28. The Labute approximate surface area is 190 Å². The molecule has 1 atom stereocenters. The average molecular weight is 461 g/mol. The lowest BCUT2D eigenvalue weighted by atomic mass is 10.1. The van der Waals surface area contributed by atoms with Gasteiger partial charge in [-0.05, 0) is 68.5 Å². The summed E-state index contributed by atoms with van der Waals surface area (Å²) in [6.45, 7) is 6.83. The quantitative estimate of drug-likeness (QED) is 0.635. The van der Waals surface area contributed by atoms with Crippen molar-refractivity contribution in [3.8, 4) is 11.5 Å². The van der Waals surface area contributed by atoms with E-state index < -0.39 is 16.1 Å². The van der Waals surface area contributed by atoms with Crippen molar-refractivity contribution in [1.82, 2.24) is 4.31 Å². The maximum atomic E-state index is 13.1. The number of nitrogens with zero attached hydrogens (tertiary/aromatic N) is 1. The van der Waals surface area contributed by atoms with E-state index >= 15 is 0 Å². The standard InChI is InChI=1S/C24H32N2O5S/c1-5-21(31-22-11-9-10-17(2)18(22)3)24(27)25-20-16-19(12-13-23(20)30-4)32(28,29)26-14-7-6-8-15-26/h9-13,16,21H,5-8,14-15H2,1-4H3,(H,25,27)/t21-/m0/s1. The molecule has 3 rings (SSSR count). The van der Waals surface area contributed by atoms with Crippen LogP contribution in [0.3, 0.4) is 0 Å². The van der Waals surface area contributed by atoms with Crippen LogP contribution in [0.15, 0.2) is 41.3 Å². The van der Waals surface area contributed by atoms with Crippen molar-refractivity contribution >= 4 is 21.6 Å². The van der Waals surface area contributed by atoms with Crippen LogP contribution < -0.4 is 14.8 Å². The van der Waals surface area contributed by atoms with E-state index in [1.807, 2.05) is 39.0 Å². The number of hydrogen-bond acceptors (Lipinski definition) is 5. The van der Waals surface area contributed by atoms with Crippen molar-refractivity contribution in [3.05, 3.63) is 47.5 Å². The highest BCUT2D eigenvalue weighted by molar-refractivity contribution is 7.89. The molecule has 2 aromatic carbocycles. The van der Waals surface area contributed by atoms with Gasteiger partial charge in [-0.1, -0.05) is 25.5 Å². The lowest BCUT2D eigenvalue weighted by molar-refractivity contribution is -0.122. The summed E-state index contributed by atoms with van der Waals surface area (Å²) < 4.78 is 39.0. The highest BCUT2D eigenvalue weighted by Gasteiger charge is 2.28. The average Bonchev–Trinajstić information content (AvgIpc) is 2.80. The molecule has 0 radical (unpaired) electrons. The normalized spacial score (nSPS) is 15.8. The Bertz CT molecular complexity index is 1060. The number of sulfonamides is 1. The SMILES string of the molecule is CC[C@H](Oc1cccc(C)c1C)C(=O)Nc1cc(S(=O)(=O)N2CCCCC2)ccc1OC. The van der Waals surface area contributed by atoms with E-state index in [0.717, 1.165) is 30.4 Å². The monoisotopic (exact) mass is 460 g/mol. The van der Waals surface area contributed by atoms with Gasteiger partial charge in [-0.15, -0.1) is 0 Å². The van der Waals surface area contributed by atoms with E-state index in [-0.39, 0.29) is 10.8 Å². The number of aryl methyl sites for hydroxylation is 1. The number of carbonyl (C=O) groups is 1. The third kappa shape index (κ3) is 5.24. The van der Waals surface area contributed by atoms with Crippen LogP contribution in [0.1, 0.15) is 43.7 Å². The number of anilines is 1. The second-order valence-electron chi connectivity index (χ2n) is 8.03.